The van der Waals surface area contributed by atoms with Crippen LogP contribution < -0.4 is 5.32 Å². The van der Waals surface area contributed by atoms with Crippen molar-refractivity contribution in [1.82, 2.24) is 10.3 Å². The van der Waals surface area contributed by atoms with E-state index in [0.717, 1.165) is 19.3 Å². The summed E-state index contributed by atoms with van der Waals surface area (Å²) >= 11 is 0. The molecule has 1 saturated carbocycles. The molecular formula is C14H18N2O4. The zero-order valence-corrected chi connectivity index (χ0v) is 11.1. The lowest BCUT2D eigenvalue weighted by Crippen LogP contribution is -2.37. The summed E-state index contributed by atoms with van der Waals surface area (Å²) in [7, 11) is 0. The maximum Gasteiger partial charge on any atom is 0.306 e. The highest BCUT2D eigenvalue weighted by molar-refractivity contribution is 5.94. The highest BCUT2D eigenvalue weighted by Gasteiger charge is 2.30. The van der Waals surface area contributed by atoms with Crippen molar-refractivity contribution >= 4 is 11.9 Å². The van der Waals surface area contributed by atoms with Gasteiger partial charge in [-0.05, 0) is 24.8 Å². The van der Waals surface area contributed by atoms with E-state index in [1.807, 2.05) is 0 Å². The van der Waals surface area contributed by atoms with E-state index in [0.29, 0.717) is 13.0 Å². The van der Waals surface area contributed by atoms with Gasteiger partial charge in [-0.15, -0.1) is 0 Å². The second-order valence-electron chi connectivity index (χ2n) is 5.13. The first-order valence-electron chi connectivity index (χ1n) is 6.73. The first kappa shape index (κ1) is 14.3. The maximum atomic E-state index is 11.9. The summed E-state index contributed by atoms with van der Waals surface area (Å²) in [6, 6.07) is 1.33. The van der Waals surface area contributed by atoms with Gasteiger partial charge in [-0.2, -0.15) is 0 Å². The fraction of sp³-hybridized carbons (Fsp3) is 0.500. The first-order valence-corrected chi connectivity index (χ1v) is 6.73. The van der Waals surface area contributed by atoms with Crippen LogP contribution >= 0.6 is 0 Å². The second-order valence-corrected chi connectivity index (χ2v) is 5.13. The molecule has 0 radical (unpaired) electrons. The smallest absolute Gasteiger partial charge is 0.306 e. The number of pyridine rings is 1. The average Bonchev–Trinajstić information content (AvgIpc) is 2.45. The number of carboxylic acid groups (broad SMARTS) is 1. The Morgan fingerprint density at radius 3 is 2.75 bits per heavy atom. The summed E-state index contributed by atoms with van der Waals surface area (Å²) in [5, 5.41) is 21.2. The summed E-state index contributed by atoms with van der Waals surface area (Å²) in [6.07, 6.45) is 6.03. The predicted octanol–water partition coefficient (Wildman–Crippen LogP) is 1.41. The highest BCUT2D eigenvalue weighted by atomic mass is 16.4. The largest absolute Gasteiger partial charge is 0.506 e. The summed E-state index contributed by atoms with van der Waals surface area (Å²) < 4.78 is 0. The maximum absolute atomic E-state index is 11.9. The van der Waals surface area contributed by atoms with Gasteiger partial charge in [0, 0.05) is 12.7 Å². The Balaban J connectivity index is 1.93. The molecule has 108 valence electrons. The van der Waals surface area contributed by atoms with Crippen LogP contribution in [0.4, 0.5) is 0 Å². The Labute approximate surface area is 116 Å². The van der Waals surface area contributed by atoms with E-state index in [4.69, 9.17) is 0 Å². The van der Waals surface area contributed by atoms with Crippen molar-refractivity contribution in [3.05, 3.63) is 24.0 Å². The van der Waals surface area contributed by atoms with E-state index < -0.39 is 5.97 Å². The number of aromatic nitrogens is 1. The standard InChI is InChI=1S/C14H18N2O4/c17-11-5-10(6-15-8-11)13(18)16-7-9-3-1-2-4-12(9)14(19)20/h5-6,8-9,12,17H,1-4,7H2,(H,16,18)(H,19,20). The van der Waals surface area contributed by atoms with Crippen LogP contribution in [0.15, 0.2) is 18.5 Å². The van der Waals surface area contributed by atoms with Crippen molar-refractivity contribution in [2.24, 2.45) is 11.8 Å². The molecule has 2 rings (SSSR count). The number of carboxylic acids is 1. The van der Waals surface area contributed by atoms with Gasteiger partial charge < -0.3 is 15.5 Å². The number of carbonyl (C=O) groups is 2. The SMILES string of the molecule is O=C(NCC1CCCCC1C(=O)O)c1cncc(O)c1. The third-order valence-corrected chi connectivity index (χ3v) is 3.74. The molecule has 1 aliphatic rings. The van der Waals surface area contributed by atoms with Crippen molar-refractivity contribution in [3.63, 3.8) is 0 Å². The lowest BCUT2D eigenvalue weighted by atomic mass is 9.79. The van der Waals surface area contributed by atoms with E-state index >= 15 is 0 Å². The first-order chi connectivity index (χ1) is 9.58. The van der Waals surface area contributed by atoms with Crippen LogP contribution in [0.3, 0.4) is 0 Å². The van der Waals surface area contributed by atoms with Gasteiger partial charge >= 0.3 is 5.97 Å². The van der Waals surface area contributed by atoms with E-state index in [-0.39, 0.29) is 29.1 Å². The normalized spacial score (nSPS) is 22.2. The van der Waals surface area contributed by atoms with E-state index in [2.05, 4.69) is 10.3 Å². The average molecular weight is 278 g/mol. The fourth-order valence-corrected chi connectivity index (χ4v) is 2.65. The van der Waals surface area contributed by atoms with Crippen LogP contribution in [0.2, 0.25) is 0 Å². The molecule has 1 aromatic rings. The third kappa shape index (κ3) is 3.46. The summed E-state index contributed by atoms with van der Waals surface area (Å²) in [6.45, 7) is 0.339. The van der Waals surface area contributed by atoms with Crippen LogP contribution in [-0.4, -0.2) is 33.6 Å². The second kappa shape index (κ2) is 6.36. The molecule has 1 fully saturated rings. The number of nitrogens with one attached hydrogen (secondary N) is 1. The van der Waals surface area contributed by atoms with Crippen molar-refractivity contribution < 1.29 is 19.8 Å². The summed E-state index contributed by atoms with van der Waals surface area (Å²) in [5.41, 5.74) is 0.271. The Hall–Kier alpha value is -2.11. The van der Waals surface area contributed by atoms with Gasteiger partial charge in [-0.25, -0.2) is 0 Å². The molecular weight excluding hydrogens is 260 g/mol. The minimum Gasteiger partial charge on any atom is -0.506 e. The van der Waals surface area contributed by atoms with Gasteiger partial charge in [0.1, 0.15) is 5.75 Å². The number of hydrogen-bond acceptors (Lipinski definition) is 4. The van der Waals surface area contributed by atoms with Crippen molar-refractivity contribution in [2.75, 3.05) is 6.54 Å². The number of aromatic hydroxyl groups is 1. The molecule has 0 saturated heterocycles. The fourth-order valence-electron chi connectivity index (χ4n) is 2.65. The number of rotatable bonds is 4. The Morgan fingerprint density at radius 2 is 2.05 bits per heavy atom. The molecule has 20 heavy (non-hydrogen) atoms. The monoisotopic (exact) mass is 278 g/mol. The number of hydrogen-bond donors (Lipinski definition) is 3. The highest BCUT2D eigenvalue weighted by Crippen LogP contribution is 2.29. The minimum absolute atomic E-state index is 0.0320. The van der Waals surface area contributed by atoms with E-state index in [1.165, 1.54) is 18.5 Å². The van der Waals surface area contributed by atoms with Gasteiger partial charge in [0.2, 0.25) is 0 Å². The lowest BCUT2D eigenvalue weighted by Gasteiger charge is -2.28. The quantitative estimate of drug-likeness (QED) is 0.773. The Kier molecular flexibility index (Phi) is 4.55. The zero-order chi connectivity index (χ0) is 14.5. The molecule has 1 aromatic heterocycles. The van der Waals surface area contributed by atoms with Crippen molar-refractivity contribution in [1.29, 1.82) is 0 Å². The number of aliphatic carboxylic acids is 1. The molecule has 0 bridgehead atoms. The Bertz CT molecular complexity index is 504. The molecule has 2 unspecified atom stereocenters. The molecule has 0 aromatic carbocycles. The molecule has 3 N–H and O–H groups in total. The van der Waals surface area contributed by atoms with Gasteiger partial charge in [-0.1, -0.05) is 12.8 Å². The van der Waals surface area contributed by atoms with Crippen LogP contribution in [0.25, 0.3) is 0 Å². The van der Waals surface area contributed by atoms with Crippen LogP contribution in [0.5, 0.6) is 5.75 Å². The molecule has 2 atom stereocenters. The van der Waals surface area contributed by atoms with Crippen LogP contribution in [0, 0.1) is 11.8 Å². The van der Waals surface area contributed by atoms with E-state index in [9.17, 15) is 19.8 Å². The van der Waals surface area contributed by atoms with Gasteiger partial charge in [0.25, 0.3) is 5.91 Å². The molecule has 6 nitrogen and oxygen atoms in total. The summed E-state index contributed by atoms with van der Waals surface area (Å²) in [5.74, 6) is -1.62. The topological polar surface area (TPSA) is 99.5 Å². The molecule has 1 heterocycles. The van der Waals surface area contributed by atoms with E-state index in [1.54, 1.807) is 0 Å². The van der Waals surface area contributed by atoms with Crippen molar-refractivity contribution in [3.8, 4) is 5.75 Å². The van der Waals surface area contributed by atoms with Gasteiger partial charge in [0.05, 0.1) is 17.7 Å². The van der Waals surface area contributed by atoms with Gasteiger partial charge in [-0.3, -0.25) is 14.6 Å². The molecule has 1 amide bonds. The zero-order valence-electron chi connectivity index (χ0n) is 11.1. The van der Waals surface area contributed by atoms with Gasteiger partial charge in [0.15, 0.2) is 0 Å². The van der Waals surface area contributed by atoms with Crippen LogP contribution in [-0.2, 0) is 4.79 Å². The lowest BCUT2D eigenvalue weighted by molar-refractivity contribution is -0.144. The number of carbonyl (C=O) groups excluding carboxylic acids is 1. The number of amides is 1. The van der Waals surface area contributed by atoms with Crippen LogP contribution in [0.1, 0.15) is 36.0 Å². The predicted molar refractivity (Wildman–Crippen MR) is 71.3 cm³/mol. The number of nitrogens with zero attached hydrogens (tertiary/aromatic N) is 1. The third-order valence-electron chi connectivity index (χ3n) is 3.74. The summed E-state index contributed by atoms with van der Waals surface area (Å²) in [4.78, 5) is 26.8. The Morgan fingerprint density at radius 1 is 1.30 bits per heavy atom. The van der Waals surface area contributed by atoms with Crippen molar-refractivity contribution in [2.45, 2.75) is 25.7 Å². The molecule has 0 spiro atoms. The molecule has 0 aliphatic heterocycles. The molecule has 6 heteroatoms. The molecule has 1 aliphatic carbocycles. The minimum atomic E-state index is -0.789.